The average Bonchev–Trinajstić information content (AvgIpc) is 2.76. The molecule has 1 heterocycles. The van der Waals surface area contributed by atoms with Crippen molar-refractivity contribution in [3.8, 4) is 0 Å². The minimum Gasteiger partial charge on any atom is -0.340 e. The zero-order chi connectivity index (χ0) is 23.4. The molecule has 0 atom stereocenters. The van der Waals surface area contributed by atoms with Gasteiger partial charge in [0.2, 0.25) is 5.95 Å². The highest BCUT2D eigenvalue weighted by molar-refractivity contribution is 6.34. The van der Waals surface area contributed by atoms with Gasteiger partial charge in [-0.1, -0.05) is 29.3 Å². The molecule has 3 aromatic carbocycles. The maximum absolute atomic E-state index is 13.2. The minimum atomic E-state index is -0.496. The van der Waals surface area contributed by atoms with Gasteiger partial charge in [-0.3, -0.25) is 4.79 Å². The molecule has 0 spiro atoms. The summed E-state index contributed by atoms with van der Waals surface area (Å²) in [4.78, 5) is 21.4. The van der Waals surface area contributed by atoms with E-state index in [0.717, 1.165) is 23.1 Å². The molecule has 0 unspecified atom stereocenters. The van der Waals surface area contributed by atoms with Gasteiger partial charge in [0.25, 0.3) is 5.91 Å². The summed E-state index contributed by atoms with van der Waals surface area (Å²) >= 11 is 5.96. The monoisotopic (exact) mass is 461 g/mol. The van der Waals surface area contributed by atoms with Crippen molar-refractivity contribution in [3.63, 3.8) is 0 Å². The molecule has 33 heavy (non-hydrogen) atoms. The van der Waals surface area contributed by atoms with Crippen molar-refractivity contribution in [2.75, 3.05) is 16.0 Å². The normalized spacial score (nSPS) is 10.5. The van der Waals surface area contributed by atoms with E-state index < -0.39 is 11.7 Å². The number of nitrogens with one attached hydrogen (secondary N) is 3. The van der Waals surface area contributed by atoms with E-state index in [9.17, 15) is 9.18 Å². The summed E-state index contributed by atoms with van der Waals surface area (Å²) in [6, 6.07) is 20.6. The second kappa shape index (κ2) is 9.67. The maximum Gasteiger partial charge on any atom is 0.257 e. The lowest BCUT2D eigenvalue weighted by Gasteiger charge is -2.11. The molecule has 0 saturated heterocycles. The number of benzene rings is 3. The summed E-state index contributed by atoms with van der Waals surface area (Å²) in [5.41, 5.74) is 4.44. The van der Waals surface area contributed by atoms with E-state index in [0.29, 0.717) is 17.5 Å². The number of carbonyl (C=O) groups is 1. The Labute approximate surface area is 195 Å². The lowest BCUT2D eigenvalue weighted by molar-refractivity contribution is 0.102. The Bertz CT molecular complexity index is 1290. The van der Waals surface area contributed by atoms with E-state index in [1.165, 1.54) is 17.7 Å². The smallest absolute Gasteiger partial charge is 0.257 e. The van der Waals surface area contributed by atoms with Gasteiger partial charge in [-0.2, -0.15) is 4.98 Å². The van der Waals surface area contributed by atoms with Crippen LogP contribution in [-0.4, -0.2) is 15.9 Å². The van der Waals surface area contributed by atoms with Crippen LogP contribution in [0.5, 0.6) is 0 Å². The second-order valence-corrected chi connectivity index (χ2v) is 7.90. The van der Waals surface area contributed by atoms with Crippen molar-refractivity contribution < 1.29 is 9.18 Å². The average molecular weight is 462 g/mol. The summed E-state index contributed by atoms with van der Waals surface area (Å²) in [5.74, 6) is 0.205. The largest absolute Gasteiger partial charge is 0.340 e. The summed E-state index contributed by atoms with van der Waals surface area (Å²) in [7, 11) is 0. The molecule has 0 aliphatic rings. The number of aryl methyl sites for hydroxylation is 2. The lowest BCUT2D eigenvalue weighted by atomic mass is 10.2. The standard InChI is InChI=1S/C25H21ClFN5O/c1-15-3-6-20(7-4-15)31-25-28-16(2)13-23(32-25)29-18-8-10-19(11-9-18)30-24(33)21-12-5-17(27)14-22(21)26/h3-14H,1-2H3,(H,30,33)(H2,28,29,31,32). The van der Waals surface area contributed by atoms with Crippen LogP contribution in [0.1, 0.15) is 21.6 Å². The van der Waals surface area contributed by atoms with Gasteiger partial charge in [0.1, 0.15) is 11.6 Å². The van der Waals surface area contributed by atoms with Gasteiger partial charge in [0.05, 0.1) is 10.6 Å². The van der Waals surface area contributed by atoms with Crippen molar-refractivity contribution >= 4 is 46.3 Å². The summed E-state index contributed by atoms with van der Waals surface area (Å²) in [6.07, 6.45) is 0. The minimum absolute atomic E-state index is 0.0555. The summed E-state index contributed by atoms with van der Waals surface area (Å²) in [5, 5.41) is 9.25. The van der Waals surface area contributed by atoms with Crippen molar-refractivity contribution in [2.45, 2.75) is 13.8 Å². The molecule has 3 N–H and O–H groups in total. The zero-order valence-electron chi connectivity index (χ0n) is 18.0. The highest BCUT2D eigenvalue weighted by Crippen LogP contribution is 2.22. The molecular formula is C25H21ClFN5O. The first-order chi connectivity index (χ1) is 15.9. The van der Waals surface area contributed by atoms with E-state index in [2.05, 4.69) is 25.9 Å². The van der Waals surface area contributed by atoms with Gasteiger partial charge in [-0.15, -0.1) is 0 Å². The van der Waals surface area contributed by atoms with Gasteiger partial charge in [0.15, 0.2) is 0 Å². The molecule has 1 aromatic heterocycles. The Morgan fingerprint density at radius 1 is 0.818 bits per heavy atom. The van der Waals surface area contributed by atoms with Gasteiger partial charge in [0, 0.05) is 28.8 Å². The highest BCUT2D eigenvalue weighted by Gasteiger charge is 2.11. The van der Waals surface area contributed by atoms with Crippen LogP contribution in [0.15, 0.2) is 72.8 Å². The van der Waals surface area contributed by atoms with E-state index in [4.69, 9.17) is 11.6 Å². The number of aromatic nitrogens is 2. The number of amides is 1. The fraction of sp³-hybridized carbons (Fsp3) is 0.0800. The van der Waals surface area contributed by atoms with Gasteiger partial charge < -0.3 is 16.0 Å². The Morgan fingerprint density at radius 3 is 2.15 bits per heavy atom. The first-order valence-electron chi connectivity index (χ1n) is 10.2. The molecule has 6 nitrogen and oxygen atoms in total. The molecule has 0 saturated carbocycles. The highest BCUT2D eigenvalue weighted by atomic mass is 35.5. The number of anilines is 5. The van der Waals surface area contributed by atoms with Crippen molar-refractivity contribution in [1.82, 2.24) is 9.97 Å². The molecule has 8 heteroatoms. The van der Waals surface area contributed by atoms with Crippen molar-refractivity contribution in [3.05, 3.63) is 100 Å². The number of halogens is 2. The predicted molar refractivity (Wildman–Crippen MR) is 130 cm³/mol. The number of carbonyl (C=O) groups excluding carboxylic acids is 1. The molecular weight excluding hydrogens is 441 g/mol. The number of rotatable bonds is 6. The SMILES string of the molecule is Cc1ccc(Nc2nc(C)cc(Nc3ccc(NC(=O)c4ccc(F)cc4Cl)cc3)n2)cc1. The fourth-order valence-corrected chi connectivity index (χ4v) is 3.36. The molecule has 0 bridgehead atoms. The number of nitrogens with zero attached hydrogens (tertiary/aromatic N) is 2. The Morgan fingerprint density at radius 2 is 1.45 bits per heavy atom. The third kappa shape index (κ3) is 5.84. The van der Waals surface area contributed by atoms with Crippen LogP contribution in [-0.2, 0) is 0 Å². The Balaban J connectivity index is 1.43. The fourth-order valence-electron chi connectivity index (χ4n) is 3.11. The van der Waals surface area contributed by atoms with Crippen LogP contribution < -0.4 is 16.0 Å². The van der Waals surface area contributed by atoms with Crippen LogP contribution in [0.4, 0.5) is 33.2 Å². The van der Waals surface area contributed by atoms with E-state index in [1.54, 1.807) is 12.1 Å². The van der Waals surface area contributed by atoms with Crippen LogP contribution >= 0.6 is 11.6 Å². The topological polar surface area (TPSA) is 78.9 Å². The van der Waals surface area contributed by atoms with Crippen LogP contribution in [0, 0.1) is 19.7 Å². The number of hydrogen-bond acceptors (Lipinski definition) is 5. The predicted octanol–water partition coefficient (Wildman–Crippen LogP) is 6.63. The molecule has 0 radical (unpaired) electrons. The molecule has 4 aromatic rings. The van der Waals surface area contributed by atoms with E-state index >= 15 is 0 Å². The summed E-state index contributed by atoms with van der Waals surface area (Å²) in [6.45, 7) is 3.93. The van der Waals surface area contributed by atoms with Gasteiger partial charge in [-0.25, -0.2) is 9.37 Å². The van der Waals surface area contributed by atoms with Crippen LogP contribution in [0.25, 0.3) is 0 Å². The third-order valence-electron chi connectivity index (χ3n) is 4.75. The van der Waals surface area contributed by atoms with E-state index in [1.807, 2.05) is 56.3 Å². The maximum atomic E-state index is 13.2. The van der Waals surface area contributed by atoms with E-state index in [-0.39, 0.29) is 10.6 Å². The van der Waals surface area contributed by atoms with Crippen LogP contribution in [0.3, 0.4) is 0 Å². The molecule has 0 aliphatic carbocycles. The Kier molecular flexibility index (Phi) is 6.51. The third-order valence-corrected chi connectivity index (χ3v) is 5.07. The molecule has 4 rings (SSSR count). The first kappa shape index (κ1) is 22.2. The second-order valence-electron chi connectivity index (χ2n) is 7.49. The van der Waals surface area contributed by atoms with Crippen molar-refractivity contribution in [1.29, 1.82) is 0 Å². The zero-order valence-corrected chi connectivity index (χ0v) is 18.7. The summed E-state index contributed by atoms with van der Waals surface area (Å²) < 4.78 is 13.2. The molecule has 0 aliphatic heterocycles. The molecule has 166 valence electrons. The van der Waals surface area contributed by atoms with Gasteiger partial charge >= 0.3 is 0 Å². The molecule has 1 amide bonds. The van der Waals surface area contributed by atoms with Crippen molar-refractivity contribution in [2.24, 2.45) is 0 Å². The first-order valence-corrected chi connectivity index (χ1v) is 10.6. The lowest BCUT2D eigenvalue weighted by Crippen LogP contribution is -2.12. The number of hydrogen-bond donors (Lipinski definition) is 3. The van der Waals surface area contributed by atoms with Crippen LogP contribution in [0.2, 0.25) is 5.02 Å². The quantitative estimate of drug-likeness (QED) is 0.300. The Hall–Kier alpha value is -3.97. The molecule has 0 fully saturated rings. The van der Waals surface area contributed by atoms with Gasteiger partial charge in [-0.05, 0) is 68.4 Å².